The summed E-state index contributed by atoms with van der Waals surface area (Å²) < 4.78 is 5.45. The average Bonchev–Trinajstić information content (AvgIpc) is 3.34. The number of thiazole rings is 1. The second kappa shape index (κ2) is 9.22. The minimum Gasteiger partial charge on any atom is -0.497 e. The highest BCUT2D eigenvalue weighted by Crippen LogP contribution is 2.41. The third kappa shape index (κ3) is 5.01. The summed E-state index contributed by atoms with van der Waals surface area (Å²) in [7, 11) is 1.73. The van der Waals surface area contributed by atoms with Gasteiger partial charge in [0.05, 0.1) is 13.7 Å². The molecule has 2 N–H and O–H groups in total. The summed E-state index contributed by atoms with van der Waals surface area (Å²) in [6.07, 6.45) is 6.83. The van der Waals surface area contributed by atoms with E-state index in [4.69, 9.17) is 9.73 Å². The van der Waals surface area contributed by atoms with Crippen LogP contribution in [0.15, 0.2) is 35.5 Å². The Kier molecular flexibility index (Phi) is 6.72. The molecule has 1 aliphatic carbocycles. The van der Waals surface area contributed by atoms with E-state index in [1.54, 1.807) is 18.4 Å². The third-order valence-corrected chi connectivity index (χ3v) is 6.12. The molecule has 27 heavy (non-hydrogen) atoms. The van der Waals surface area contributed by atoms with Gasteiger partial charge in [-0.1, -0.05) is 25.0 Å². The first kappa shape index (κ1) is 19.7. The maximum atomic E-state index is 5.45. The Morgan fingerprint density at radius 2 is 2.11 bits per heavy atom. The van der Waals surface area contributed by atoms with E-state index < -0.39 is 0 Å². The van der Waals surface area contributed by atoms with E-state index in [9.17, 15) is 0 Å². The van der Waals surface area contributed by atoms with Crippen LogP contribution in [0.1, 0.15) is 48.1 Å². The van der Waals surface area contributed by atoms with Crippen LogP contribution in [0.3, 0.4) is 0 Å². The van der Waals surface area contributed by atoms with Gasteiger partial charge in [-0.05, 0) is 44.4 Å². The minimum absolute atomic E-state index is 0.141. The molecule has 0 bridgehead atoms. The number of nitrogens with zero attached hydrogens (tertiary/aromatic N) is 2. The molecule has 1 heterocycles. The maximum absolute atomic E-state index is 5.45. The zero-order valence-corrected chi connectivity index (χ0v) is 17.4. The maximum Gasteiger partial charge on any atom is 0.191 e. The van der Waals surface area contributed by atoms with E-state index in [2.05, 4.69) is 47.7 Å². The summed E-state index contributed by atoms with van der Waals surface area (Å²) in [5.41, 5.74) is 1.50. The fourth-order valence-electron chi connectivity index (χ4n) is 3.79. The van der Waals surface area contributed by atoms with Crippen LogP contribution in [0.2, 0.25) is 0 Å². The van der Waals surface area contributed by atoms with Gasteiger partial charge in [-0.15, -0.1) is 11.3 Å². The topological polar surface area (TPSA) is 58.5 Å². The molecule has 0 unspecified atom stereocenters. The monoisotopic (exact) mass is 386 g/mol. The molecule has 5 nitrogen and oxygen atoms in total. The lowest BCUT2D eigenvalue weighted by Gasteiger charge is -2.31. The summed E-state index contributed by atoms with van der Waals surface area (Å²) >= 11 is 1.70. The molecule has 146 valence electrons. The average molecular weight is 387 g/mol. The van der Waals surface area contributed by atoms with Crippen molar-refractivity contribution < 1.29 is 4.74 Å². The molecule has 0 saturated heterocycles. The van der Waals surface area contributed by atoms with Gasteiger partial charge < -0.3 is 15.4 Å². The summed E-state index contributed by atoms with van der Waals surface area (Å²) in [4.78, 5) is 10.4. The first-order valence-corrected chi connectivity index (χ1v) is 10.5. The highest BCUT2D eigenvalue weighted by atomic mass is 32.1. The molecule has 1 saturated carbocycles. The number of ether oxygens (including phenoxy) is 1. The summed E-state index contributed by atoms with van der Waals surface area (Å²) in [6, 6.07) is 8.53. The molecule has 6 heteroatoms. The van der Waals surface area contributed by atoms with Crippen molar-refractivity contribution in [2.24, 2.45) is 4.99 Å². The molecular weight excluding hydrogens is 356 g/mol. The van der Waals surface area contributed by atoms with Crippen LogP contribution in [0.5, 0.6) is 5.75 Å². The highest BCUT2D eigenvalue weighted by molar-refractivity contribution is 7.11. The van der Waals surface area contributed by atoms with E-state index in [1.807, 2.05) is 12.3 Å². The Balaban J connectivity index is 1.72. The van der Waals surface area contributed by atoms with Crippen LogP contribution < -0.4 is 15.4 Å². The second-order valence-electron chi connectivity index (χ2n) is 7.13. The van der Waals surface area contributed by atoms with E-state index >= 15 is 0 Å². The van der Waals surface area contributed by atoms with Crippen LogP contribution in [-0.2, 0) is 12.0 Å². The van der Waals surface area contributed by atoms with Crippen LogP contribution in [-0.4, -0.2) is 31.1 Å². The Hall–Kier alpha value is -2.08. The van der Waals surface area contributed by atoms with Crippen molar-refractivity contribution in [3.63, 3.8) is 0 Å². The Bertz CT molecular complexity index is 765. The lowest BCUT2D eigenvalue weighted by molar-refractivity contribution is 0.404. The fraction of sp³-hybridized carbons (Fsp3) is 0.524. The normalized spacial score (nSPS) is 16.3. The van der Waals surface area contributed by atoms with Gasteiger partial charge in [0.1, 0.15) is 10.8 Å². The van der Waals surface area contributed by atoms with E-state index in [0.29, 0.717) is 6.54 Å². The molecule has 0 aliphatic heterocycles. The van der Waals surface area contributed by atoms with Crippen LogP contribution >= 0.6 is 11.3 Å². The van der Waals surface area contributed by atoms with Crippen molar-refractivity contribution in [2.45, 2.75) is 51.5 Å². The summed E-state index contributed by atoms with van der Waals surface area (Å²) in [5, 5.41) is 8.01. The molecule has 1 fully saturated rings. The number of aromatic nitrogens is 1. The lowest BCUT2D eigenvalue weighted by atomic mass is 9.78. The Morgan fingerprint density at radius 3 is 2.78 bits per heavy atom. The Labute approximate surface area is 166 Å². The zero-order chi connectivity index (χ0) is 19.1. The molecule has 0 spiro atoms. The number of hydrogen-bond donors (Lipinski definition) is 2. The number of guanidine groups is 1. The van der Waals surface area contributed by atoms with Crippen molar-refractivity contribution in [3.8, 4) is 5.75 Å². The number of benzene rings is 1. The molecule has 0 radical (unpaired) electrons. The quantitative estimate of drug-likeness (QED) is 0.557. The van der Waals surface area contributed by atoms with Gasteiger partial charge in [-0.25, -0.2) is 9.98 Å². The molecule has 2 aromatic rings. The summed E-state index contributed by atoms with van der Waals surface area (Å²) in [6.45, 7) is 6.50. The molecule has 1 aromatic heterocycles. The molecule has 0 atom stereocenters. The SMILES string of the molecule is CCNC(=NCc1ncc(C)s1)NCC1(c2cccc(OC)c2)CCCC1. The van der Waals surface area contributed by atoms with Crippen molar-refractivity contribution >= 4 is 17.3 Å². The van der Waals surface area contributed by atoms with Crippen LogP contribution in [0.25, 0.3) is 0 Å². The Morgan fingerprint density at radius 1 is 1.30 bits per heavy atom. The number of nitrogens with one attached hydrogen (secondary N) is 2. The van der Waals surface area contributed by atoms with Crippen molar-refractivity contribution in [2.75, 3.05) is 20.2 Å². The third-order valence-electron chi connectivity index (χ3n) is 5.22. The van der Waals surface area contributed by atoms with Crippen molar-refractivity contribution in [1.82, 2.24) is 15.6 Å². The number of aryl methyl sites for hydroxylation is 1. The standard InChI is InChI=1S/C21H30N4OS/c1-4-22-20(24-14-19-23-13-16(2)27-19)25-15-21(10-5-6-11-21)17-8-7-9-18(12-17)26-3/h7-9,12-13H,4-6,10-11,14-15H2,1-3H3,(H2,22,24,25). The molecular formula is C21H30N4OS. The number of rotatable bonds is 7. The van der Waals surface area contributed by atoms with Gasteiger partial charge in [0.25, 0.3) is 0 Å². The van der Waals surface area contributed by atoms with Gasteiger partial charge in [-0.2, -0.15) is 0 Å². The fourth-order valence-corrected chi connectivity index (χ4v) is 4.50. The number of hydrogen-bond acceptors (Lipinski definition) is 4. The van der Waals surface area contributed by atoms with Crippen LogP contribution in [0.4, 0.5) is 0 Å². The van der Waals surface area contributed by atoms with Crippen molar-refractivity contribution in [3.05, 3.63) is 45.9 Å². The van der Waals surface area contributed by atoms with Gasteiger partial charge >= 0.3 is 0 Å². The van der Waals surface area contributed by atoms with Crippen molar-refractivity contribution in [1.29, 1.82) is 0 Å². The van der Waals surface area contributed by atoms with Gasteiger partial charge in [0.2, 0.25) is 0 Å². The largest absolute Gasteiger partial charge is 0.497 e. The number of aliphatic imine (C=N–C) groups is 1. The minimum atomic E-state index is 0.141. The highest BCUT2D eigenvalue weighted by Gasteiger charge is 2.36. The predicted molar refractivity (Wildman–Crippen MR) is 113 cm³/mol. The number of methoxy groups -OCH3 is 1. The first-order chi connectivity index (χ1) is 13.1. The predicted octanol–water partition coefficient (Wildman–Crippen LogP) is 4.03. The van der Waals surface area contributed by atoms with Gasteiger partial charge in [0.15, 0.2) is 5.96 Å². The second-order valence-corrected chi connectivity index (χ2v) is 8.45. The molecule has 1 aliphatic rings. The zero-order valence-electron chi connectivity index (χ0n) is 16.5. The van der Waals surface area contributed by atoms with E-state index in [0.717, 1.165) is 29.8 Å². The molecule has 0 amide bonds. The molecule has 1 aromatic carbocycles. The van der Waals surface area contributed by atoms with E-state index in [-0.39, 0.29) is 5.41 Å². The summed E-state index contributed by atoms with van der Waals surface area (Å²) in [5.74, 6) is 1.79. The van der Waals surface area contributed by atoms with Gasteiger partial charge in [-0.3, -0.25) is 0 Å². The lowest BCUT2D eigenvalue weighted by Crippen LogP contribution is -2.44. The smallest absolute Gasteiger partial charge is 0.191 e. The van der Waals surface area contributed by atoms with Crippen LogP contribution in [0, 0.1) is 6.92 Å². The van der Waals surface area contributed by atoms with E-state index in [1.165, 1.54) is 36.1 Å². The molecule has 3 rings (SSSR count). The van der Waals surface area contributed by atoms with Gasteiger partial charge in [0, 0.05) is 29.6 Å². The first-order valence-electron chi connectivity index (χ1n) is 9.73.